The van der Waals surface area contributed by atoms with Crippen LogP contribution < -0.4 is 11.1 Å². The van der Waals surface area contributed by atoms with Gasteiger partial charge in [-0.3, -0.25) is 9.89 Å². The molecule has 0 saturated carbocycles. The predicted octanol–water partition coefficient (Wildman–Crippen LogP) is 0.935. The topological polar surface area (TPSA) is 83.8 Å². The maximum Gasteiger partial charge on any atom is 0.269 e. The molecule has 1 atom stereocenters. The van der Waals surface area contributed by atoms with Gasteiger partial charge in [-0.2, -0.15) is 5.10 Å². The number of halogens is 1. The third-order valence-electron chi connectivity index (χ3n) is 2.12. The normalized spacial score (nSPS) is 12.0. The van der Waals surface area contributed by atoms with Gasteiger partial charge in [-0.05, 0) is 18.4 Å². The number of carbonyl (C=O) groups is 1. The van der Waals surface area contributed by atoms with E-state index in [1.807, 2.05) is 0 Å². The first kappa shape index (κ1) is 14.9. The van der Waals surface area contributed by atoms with E-state index < -0.39 is 0 Å². The molecule has 0 radical (unpaired) electrons. The Morgan fingerprint density at radius 2 is 2.31 bits per heavy atom. The van der Waals surface area contributed by atoms with Crippen molar-refractivity contribution < 1.29 is 4.79 Å². The predicted molar refractivity (Wildman–Crippen MR) is 65.6 cm³/mol. The maximum atomic E-state index is 11.6. The number of aromatic amines is 1. The standard InChI is InChI=1S/C10H18N4O.ClH/c1-7(2)5-8(6-11)13-10(15)9-3-4-12-14-9;/h3-4,7-8H,5-6,11H2,1-2H3,(H,12,14)(H,13,15);1H. The molecule has 1 aromatic heterocycles. The molecule has 1 amide bonds. The Hall–Kier alpha value is -1.07. The first-order valence-electron chi connectivity index (χ1n) is 5.13. The van der Waals surface area contributed by atoms with E-state index in [1.165, 1.54) is 0 Å². The lowest BCUT2D eigenvalue weighted by Gasteiger charge is -2.18. The highest BCUT2D eigenvalue weighted by Gasteiger charge is 2.14. The average molecular weight is 247 g/mol. The number of carbonyl (C=O) groups excluding carboxylic acids is 1. The van der Waals surface area contributed by atoms with Crippen LogP contribution in [0.3, 0.4) is 0 Å². The highest BCUT2D eigenvalue weighted by molar-refractivity contribution is 5.92. The summed E-state index contributed by atoms with van der Waals surface area (Å²) in [5.41, 5.74) is 6.05. The summed E-state index contributed by atoms with van der Waals surface area (Å²) in [5.74, 6) is 0.365. The SMILES string of the molecule is CC(C)CC(CN)NC(=O)c1ccn[nH]1.Cl. The zero-order chi connectivity index (χ0) is 11.3. The summed E-state index contributed by atoms with van der Waals surface area (Å²) in [6.07, 6.45) is 2.44. The number of aromatic nitrogens is 2. The van der Waals surface area contributed by atoms with E-state index in [-0.39, 0.29) is 24.4 Å². The Morgan fingerprint density at radius 1 is 1.62 bits per heavy atom. The molecule has 1 unspecified atom stereocenters. The Kier molecular flexibility index (Phi) is 6.76. The minimum atomic E-state index is -0.149. The number of nitrogens with one attached hydrogen (secondary N) is 2. The Bertz CT molecular complexity index is 300. The minimum Gasteiger partial charge on any atom is -0.347 e. The fourth-order valence-electron chi connectivity index (χ4n) is 1.43. The van der Waals surface area contributed by atoms with E-state index in [0.29, 0.717) is 18.2 Å². The van der Waals surface area contributed by atoms with Gasteiger partial charge in [0.25, 0.3) is 5.91 Å². The van der Waals surface area contributed by atoms with E-state index in [0.717, 1.165) is 6.42 Å². The average Bonchev–Trinajstić information content (AvgIpc) is 2.68. The zero-order valence-corrected chi connectivity index (χ0v) is 10.4. The third-order valence-corrected chi connectivity index (χ3v) is 2.12. The second-order valence-corrected chi connectivity index (χ2v) is 4.01. The number of hydrogen-bond acceptors (Lipinski definition) is 3. The van der Waals surface area contributed by atoms with Crippen molar-refractivity contribution in [2.75, 3.05) is 6.54 Å². The number of nitrogens with zero attached hydrogens (tertiary/aromatic N) is 1. The number of rotatable bonds is 5. The molecule has 0 aromatic carbocycles. The highest BCUT2D eigenvalue weighted by Crippen LogP contribution is 2.04. The molecule has 1 heterocycles. The fourth-order valence-corrected chi connectivity index (χ4v) is 1.43. The van der Waals surface area contributed by atoms with Gasteiger partial charge in [-0.25, -0.2) is 0 Å². The van der Waals surface area contributed by atoms with Crippen LogP contribution in [0.2, 0.25) is 0 Å². The van der Waals surface area contributed by atoms with Gasteiger partial charge in [0.2, 0.25) is 0 Å². The van der Waals surface area contributed by atoms with Crippen molar-refractivity contribution >= 4 is 18.3 Å². The van der Waals surface area contributed by atoms with Gasteiger partial charge in [0.15, 0.2) is 0 Å². The van der Waals surface area contributed by atoms with Gasteiger partial charge >= 0.3 is 0 Å². The molecule has 5 nitrogen and oxygen atoms in total. The van der Waals surface area contributed by atoms with Crippen LogP contribution in [0.5, 0.6) is 0 Å². The van der Waals surface area contributed by atoms with E-state index >= 15 is 0 Å². The Balaban J connectivity index is 0.00000225. The molecule has 0 saturated heterocycles. The molecule has 4 N–H and O–H groups in total. The molecular weight excluding hydrogens is 228 g/mol. The maximum absolute atomic E-state index is 11.6. The van der Waals surface area contributed by atoms with Gasteiger partial charge in [0, 0.05) is 18.8 Å². The summed E-state index contributed by atoms with van der Waals surface area (Å²) < 4.78 is 0. The van der Waals surface area contributed by atoms with Gasteiger partial charge in [0.1, 0.15) is 5.69 Å². The summed E-state index contributed by atoms with van der Waals surface area (Å²) in [5, 5.41) is 9.20. The van der Waals surface area contributed by atoms with Gasteiger partial charge in [-0.15, -0.1) is 12.4 Å². The molecule has 0 fully saturated rings. The van der Waals surface area contributed by atoms with Crippen LogP contribution in [-0.2, 0) is 0 Å². The molecule has 6 heteroatoms. The fraction of sp³-hybridized carbons (Fsp3) is 0.600. The molecule has 0 spiro atoms. The van der Waals surface area contributed by atoms with Gasteiger partial charge in [0.05, 0.1) is 0 Å². The smallest absolute Gasteiger partial charge is 0.269 e. The van der Waals surface area contributed by atoms with E-state index in [9.17, 15) is 4.79 Å². The third kappa shape index (κ3) is 4.63. The summed E-state index contributed by atoms with van der Waals surface area (Å²) in [6, 6.07) is 1.67. The van der Waals surface area contributed by atoms with Crippen LogP contribution in [0, 0.1) is 5.92 Å². The minimum absolute atomic E-state index is 0. The zero-order valence-electron chi connectivity index (χ0n) is 9.56. The van der Waals surface area contributed by atoms with Crippen LogP contribution in [-0.4, -0.2) is 28.7 Å². The summed E-state index contributed by atoms with van der Waals surface area (Å²) in [4.78, 5) is 11.6. The first-order chi connectivity index (χ1) is 7.13. The van der Waals surface area contributed by atoms with Crippen molar-refractivity contribution in [1.29, 1.82) is 0 Å². The first-order valence-corrected chi connectivity index (χ1v) is 5.13. The number of nitrogens with two attached hydrogens (primary N) is 1. The van der Waals surface area contributed by atoms with Crippen molar-refractivity contribution in [3.05, 3.63) is 18.0 Å². The van der Waals surface area contributed by atoms with E-state index in [2.05, 4.69) is 29.4 Å². The molecule has 0 aliphatic carbocycles. The molecule has 0 bridgehead atoms. The lowest BCUT2D eigenvalue weighted by Crippen LogP contribution is -2.41. The quantitative estimate of drug-likeness (QED) is 0.723. The van der Waals surface area contributed by atoms with Crippen LogP contribution in [0.25, 0.3) is 0 Å². The van der Waals surface area contributed by atoms with Crippen LogP contribution in [0.15, 0.2) is 12.3 Å². The second kappa shape index (κ2) is 7.24. The Labute approximate surface area is 102 Å². The number of amides is 1. The lowest BCUT2D eigenvalue weighted by molar-refractivity contribution is 0.0928. The van der Waals surface area contributed by atoms with Crippen molar-refractivity contribution in [2.24, 2.45) is 11.7 Å². The second-order valence-electron chi connectivity index (χ2n) is 4.01. The van der Waals surface area contributed by atoms with Crippen LogP contribution in [0.4, 0.5) is 0 Å². The van der Waals surface area contributed by atoms with Crippen molar-refractivity contribution in [2.45, 2.75) is 26.3 Å². The van der Waals surface area contributed by atoms with Crippen molar-refractivity contribution in [3.63, 3.8) is 0 Å². The van der Waals surface area contributed by atoms with E-state index in [1.54, 1.807) is 12.3 Å². The van der Waals surface area contributed by atoms with Crippen LogP contribution >= 0.6 is 12.4 Å². The summed E-state index contributed by atoms with van der Waals surface area (Å²) in [6.45, 7) is 4.66. The van der Waals surface area contributed by atoms with Gasteiger partial charge < -0.3 is 11.1 Å². The molecular formula is C10H19ClN4O. The monoisotopic (exact) mass is 246 g/mol. The van der Waals surface area contributed by atoms with Crippen molar-refractivity contribution in [3.8, 4) is 0 Å². The molecule has 16 heavy (non-hydrogen) atoms. The summed E-state index contributed by atoms with van der Waals surface area (Å²) >= 11 is 0. The van der Waals surface area contributed by atoms with Crippen LogP contribution in [0.1, 0.15) is 30.8 Å². The molecule has 0 aliphatic rings. The van der Waals surface area contributed by atoms with E-state index in [4.69, 9.17) is 5.73 Å². The summed E-state index contributed by atoms with van der Waals surface area (Å²) in [7, 11) is 0. The molecule has 1 aromatic rings. The van der Waals surface area contributed by atoms with Gasteiger partial charge in [-0.1, -0.05) is 13.8 Å². The highest BCUT2D eigenvalue weighted by atomic mass is 35.5. The molecule has 0 aliphatic heterocycles. The largest absolute Gasteiger partial charge is 0.347 e. The lowest BCUT2D eigenvalue weighted by atomic mass is 10.0. The molecule has 1 rings (SSSR count). The van der Waals surface area contributed by atoms with Crippen molar-refractivity contribution in [1.82, 2.24) is 15.5 Å². The molecule has 92 valence electrons. The number of hydrogen-bond donors (Lipinski definition) is 3. The Morgan fingerprint density at radius 3 is 2.75 bits per heavy atom. The number of H-pyrrole nitrogens is 1.